The number of carboxylic acids is 1. The standard InChI is InChI=1S/C11H20O2S/c12-11(13)8-2-1-5-9-14-10-6-3-4-7-10/h10H,1-9H2,(H,12,13). The van der Waals surface area contributed by atoms with Gasteiger partial charge in [0.1, 0.15) is 0 Å². The number of unbranched alkanes of at least 4 members (excludes halogenated alkanes) is 2. The van der Waals surface area contributed by atoms with Crippen molar-refractivity contribution in [3.63, 3.8) is 0 Å². The Morgan fingerprint density at radius 3 is 2.57 bits per heavy atom. The first kappa shape index (κ1) is 11.9. The van der Waals surface area contributed by atoms with E-state index in [1.807, 2.05) is 0 Å². The second kappa shape index (κ2) is 7.16. The molecular formula is C11H20O2S. The summed E-state index contributed by atoms with van der Waals surface area (Å²) >= 11 is 2.10. The van der Waals surface area contributed by atoms with Gasteiger partial charge < -0.3 is 5.11 Å². The summed E-state index contributed by atoms with van der Waals surface area (Å²) in [5.74, 6) is 0.568. The Morgan fingerprint density at radius 1 is 1.21 bits per heavy atom. The van der Waals surface area contributed by atoms with Gasteiger partial charge in [-0.2, -0.15) is 11.8 Å². The molecular weight excluding hydrogens is 196 g/mol. The van der Waals surface area contributed by atoms with Crippen molar-refractivity contribution < 1.29 is 9.90 Å². The lowest BCUT2D eigenvalue weighted by Crippen LogP contribution is -1.97. The Morgan fingerprint density at radius 2 is 1.93 bits per heavy atom. The summed E-state index contributed by atoms with van der Waals surface area (Å²) in [7, 11) is 0. The van der Waals surface area contributed by atoms with Crippen LogP contribution in [0.1, 0.15) is 51.4 Å². The molecule has 0 aliphatic heterocycles. The summed E-state index contributed by atoms with van der Waals surface area (Å²) in [6, 6.07) is 0. The summed E-state index contributed by atoms with van der Waals surface area (Å²) in [4.78, 5) is 10.2. The van der Waals surface area contributed by atoms with Gasteiger partial charge >= 0.3 is 5.97 Å². The normalized spacial score (nSPS) is 17.4. The topological polar surface area (TPSA) is 37.3 Å². The van der Waals surface area contributed by atoms with Gasteiger partial charge in [-0.3, -0.25) is 4.79 Å². The van der Waals surface area contributed by atoms with Crippen molar-refractivity contribution >= 4 is 17.7 Å². The molecule has 1 aliphatic rings. The molecule has 1 fully saturated rings. The molecule has 1 aliphatic carbocycles. The van der Waals surface area contributed by atoms with Crippen molar-refractivity contribution in [3.8, 4) is 0 Å². The van der Waals surface area contributed by atoms with Gasteiger partial charge in [0.05, 0.1) is 0 Å². The van der Waals surface area contributed by atoms with E-state index in [0.717, 1.165) is 18.1 Å². The average Bonchev–Trinajstić information content (AvgIpc) is 2.63. The monoisotopic (exact) mass is 216 g/mol. The van der Waals surface area contributed by atoms with Crippen molar-refractivity contribution in [1.29, 1.82) is 0 Å². The second-order valence-corrected chi connectivity index (χ2v) is 5.39. The lowest BCUT2D eigenvalue weighted by molar-refractivity contribution is -0.137. The summed E-state index contributed by atoms with van der Waals surface area (Å²) in [6.07, 6.45) is 9.09. The van der Waals surface area contributed by atoms with E-state index in [-0.39, 0.29) is 0 Å². The highest BCUT2D eigenvalue weighted by Gasteiger charge is 2.14. The fourth-order valence-electron chi connectivity index (χ4n) is 1.86. The summed E-state index contributed by atoms with van der Waals surface area (Å²) in [5, 5.41) is 9.35. The Hall–Kier alpha value is -0.180. The number of thioether (sulfide) groups is 1. The third kappa shape index (κ3) is 5.53. The molecule has 0 unspecified atom stereocenters. The minimum absolute atomic E-state index is 0.341. The minimum atomic E-state index is -0.659. The molecule has 3 heteroatoms. The molecule has 0 aromatic rings. The van der Waals surface area contributed by atoms with Crippen molar-refractivity contribution in [2.24, 2.45) is 0 Å². The zero-order chi connectivity index (χ0) is 10.2. The van der Waals surface area contributed by atoms with Crippen LogP contribution in [0, 0.1) is 0 Å². The van der Waals surface area contributed by atoms with E-state index in [2.05, 4.69) is 11.8 Å². The highest BCUT2D eigenvalue weighted by atomic mass is 32.2. The molecule has 0 aromatic carbocycles. The van der Waals surface area contributed by atoms with Crippen molar-refractivity contribution in [2.75, 3.05) is 5.75 Å². The SMILES string of the molecule is O=C(O)CCCCCSC1CCCC1. The number of carboxylic acid groups (broad SMARTS) is 1. The van der Waals surface area contributed by atoms with Crippen LogP contribution >= 0.6 is 11.8 Å². The number of carbonyl (C=O) groups is 1. The van der Waals surface area contributed by atoms with E-state index < -0.39 is 5.97 Å². The molecule has 0 radical (unpaired) electrons. The van der Waals surface area contributed by atoms with Crippen molar-refractivity contribution in [1.82, 2.24) is 0 Å². The molecule has 0 bridgehead atoms. The van der Waals surface area contributed by atoms with E-state index in [4.69, 9.17) is 5.11 Å². The molecule has 0 aromatic heterocycles. The third-order valence-corrected chi connectivity index (χ3v) is 4.16. The molecule has 2 nitrogen and oxygen atoms in total. The van der Waals surface area contributed by atoms with Crippen LogP contribution in [-0.2, 0) is 4.79 Å². The van der Waals surface area contributed by atoms with Gasteiger partial charge in [-0.1, -0.05) is 19.3 Å². The lowest BCUT2D eigenvalue weighted by Gasteiger charge is -2.07. The third-order valence-electron chi connectivity index (χ3n) is 2.69. The molecule has 14 heavy (non-hydrogen) atoms. The zero-order valence-electron chi connectivity index (χ0n) is 8.71. The van der Waals surface area contributed by atoms with Gasteiger partial charge in [-0.25, -0.2) is 0 Å². The Labute approximate surface area is 90.5 Å². The maximum atomic E-state index is 10.2. The lowest BCUT2D eigenvalue weighted by atomic mass is 10.2. The first-order valence-corrected chi connectivity index (χ1v) is 6.67. The number of aliphatic carboxylic acids is 1. The second-order valence-electron chi connectivity index (χ2n) is 3.98. The fraction of sp³-hybridized carbons (Fsp3) is 0.909. The van der Waals surface area contributed by atoms with Crippen LogP contribution in [0.5, 0.6) is 0 Å². The van der Waals surface area contributed by atoms with Gasteiger partial charge in [-0.05, 0) is 31.4 Å². The molecule has 1 rings (SSSR count). The van der Waals surface area contributed by atoms with Gasteiger partial charge in [0.15, 0.2) is 0 Å². The van der Waals surface area contributed by atoms with Crippen LogP contribution in [0.4, 0.5) is 0 Å². The molecule has 0 amide bonds. The number of rotatable bonds is 7. The molecule has 1 N–H and O–H groups in total. The van der Waals surface area contributed by atoms with E-state index in [1.54, 1.807) is 0 Å². The first-order valence-electron chi connectivity index (χ1n) is 5.62. The van der Waals surface area contributed by atoms with E-state index in [0.29, 0.717) is 6.42 Å². The van der Waals surface area contributed by atoms with Crippen molar-refractivity contribution in [2.45, 2.75) is 56.6 Å². The van der Waals surface area contributed by atoms with Gasteiger partial charge in [-0.15, -0.1) is 0 Å². The fourth-order valence-corrected chi connectivity index (χ4v) is 3.23. The number of hydrogen-bond donors (Lipinski definition) is 1. The van der Waals surface area contributed by atoms with Gasteiger partial charge in [0.25, 0.3) is 0 Å². The Balaban J connectivity index is 1.82. The van der Waals surface area contributed by atoms with Gasteiger partial charge in [0.2, 0.25) is 0 Å². The largest absolute Gasteiger partial charge is 0.481 e. The average molecular weight is 216 g/mol. The summed E-state index contributed by atoms with van der Waals surface area (Å²) in [6.45, 7) is 0. The van der Waals surface area contributed by atoms with Gasteiger partial charge in [0, 0.05) is 11.7 Å². The van der Waals surface area contributed by atoms with Crippen LogP contribution in [0.15, 0.2) is 0 Å². The molecule has 0 atom stereocenters. The van der Waals surface area contributed by atoms with E-state index >= 15 is 0 Å². The van der Waals surface area contributed by atoms with E-state index in [1.165, 1.54) is 37.9 Å². The molecule has 0 saturated heterocycles. The smallest absolute Gasteiger partial charge is 0.303 e. The van der Waals surface area contributed by atoms with Crippen LogP contribution < -0.4 is 0 Å². The predicted molar refractivity (Wildman–Crippen MR) is 60.8 cm³/mol. The highest BCUT2D eigenvalue weighted by Crippen LogP contribution is 2.29. The predicted octanol–water partition coefficient (Wildman–Crippen LogP) is 3.31. The molecule has 0 heterocycles. The van der Waals surface area contributed by atoms with Crippen LogP contribution in [0.3, 0.4) is 0 Å². The maximum Gasteiger partial charge on any atom is 0.303 e. The molecule has 82 valence electrons. The molecule has 0 spiro atoms. The quantitative estimate of drug-likeness (QED) is 0.663. The van der Waals surface area contributed by atoms with Crippen molar-refractivity contribution in [3.05, 3.63) is 0 Å². The maximum absolute atomic E-state index is 10.2. The molecule has 1 saturated carbocycles. The van der Waals surface area contributed by atoms with Crippen LogP contribution in [0.2, 0.25) is 0 Å². The summed E-state index contributed by atoms with van der Waals surface area (Å²) in [5.41, 5.74) is 0. The highest BCUT2D eigenvalue weighted by molar-refractivity contribution is 7.99. The van der Waals surface area contributed by atoms with Crippen LogP contribution in [-0.4, -0.2) is 22.1 Å². The zero-order valence-corrected chi connectivity index (χ0v) is 9.52. The Kier molecular flexibility index (Phi) is 6.08. The van der Waals surface area contributed by atoms with E-state index in [9.17, 15) is 4.79 Å². The van der Waals surface area contributed by atoms with Crippen LogP contribution in [0.25, 0.3) is 0 Å². The summed E-state index contributed by atoms with van der Waals surface area (Å²) < 4.78 is 0. The minimum Gasteiger partial charge on any atom is -0.481 e. The number of hydrogen-bond acceptors (Lipinski definition) is 2. The Bertz CT molecular complexity index is 165. The first-order chi connectivity index (χ1) is 6.79.